The predicted octanol–water partition coefficient (Wildman–Crippen LogP) is 2.33. The van der Waals surface area contributed by atoms with E-state index in [2.05, 4.69) is 5.32 Å². The van der Waals surface area contributed by atoms with Gasteiger partial charge in [0.05, 0.1) is 7.11 Å². The van der Waals surface area contributed by atoms with Crippen LogP contribution in [0.25, 0.3) is 0 Å². The lowest BCUT2D eigenvalue weighted by molar-refractivity contribution is 0.400. The van der Waals surface area contributed by atoms with E-state index in [1.54, 1.807) is 13.2 Å². The molecule has 0 spiro atoms. The molecule has 1 fully saturated rings. The highest BCUT2D eigenvalue weighted by Gasteiger charge is 2.23. The first-order valence-corrected chi connectivity index (χ1v) is 4.86. The molecular weight excluding hydrogens is 217 g/mol. The summed E-state index contributed by atoms with van der Waals surface area (Å²) in [5.41, 5.74) is 0.722. The average molecular weight is 232 g/mol. The van der Waals surface area contributed by atoms with Crippen molar-refractivity contribution in [3.05, 3.63) is 29.6 Å². The van der Waals surface area contributed by atoms with E-state index in [9.17, 15) is 4.39 Å². The van der Waals surface area contributed by atoms with Crippen LogP contribution in [0.1, 0.15) is 17.9 Å². The van der Waals surface area contributed by atoms with Gasteiger partial charge in [-0.1, -0.05) is 6.07 Å². The first-order chi connectivity index (χ1) is 6.83. The average Bonchev–Trinajstić information content (AvgIpc) is 2.70. The largest absolute Gasteiger partial charge is 0.496 e. The Morgan fingerprint density at radius 2 is 2.27 bits per heavy atom. The van der Waals surface area contributed by atoms with Gasteiger partial charge in [0, 0.05) is 18.0 Å². The van der Waals surface area contributed by atoms with Gasteiger partial charge in [-0.15, -0.1) is 12.4 Å². The van der Waals surface area contributed by atoms with E-state index in [0.717, 1.165) is 25.1 Å². The molecule has 1 N–H and O–H groups in total. The Morgan fingerprint density at radius 1 is 1.47 bits per heavy atom. The Hall–Kier alpha value is -0.800. The standard InChI is InChI=1S/C11H14FNO.ClH/c1-14-10-4-2-3-9(12)11(10)8-5-6-13-7-8;/h2-4,8,13H,5-7H2,1H3;1H. The second-order valence-corrected chi connectivity index (χ2v) is 3.55. The van der Waals surface area contributed by atoms with E-state index in [1.807, 2.05) is 6.07 Å². The number of halogens is 2. The minimum absolute atomic E-state index is 0. The van der Waals surface area contributed by atoms with Crippen molar-refractivity contribution in [2.24, 2.45) is 0 Å². The van der Waals surface area contributed by atoms with Crippen molar-refractivity contribution in [1.82, 2.24) is 5.32 Å². The number of methoxy groups -OCH3 is 1. The molecular formula is C11H15ClFNO. The van der Waals surface area contributed by atoms with Gasteiger partial charge in [0.25, 0.3) is 0 Å². The third-order valence-electron chi connectivity index (χ3n) is 2.70. The number of hydrogen-bond donors (Lipinski definition) is 1. The third kappa shape index (κ3) is 2.41. The van der Waals surface area contributed by atoms with E-state index < -0.39 is 0 Å². The number of benzene rings is 1. The van der Waals surface area contributed by atoms with Gasteiger partial charge in [-0.3, -0.25) is 0 Å². The maximum Gasteiger partial charge on any atom is 0.130 e. The van der Waals surface area contributed by atoms with Crippen molar-refractivity contribution in [2.45, 2.75) is 12.3 Å². The third-order valence-corrected chi connectivity index (χ3v) is 2.70. The van der Waals surface area contributed by atoms with Gasteiger partial charge in [-0.2, -0.15) is 0 Å². The molecule has 2 nitrogen and oxygen atoms in total. The van der Waals surface area contributed by atoms with Crippen molar-refractivity contribution in [1.29, 1.82) is 0 Å². The van der Waals surface area contributed by atoms with Gasteiger partial charge in [0.15, 0.2) is 0 Å². The van der Waals surface area contributed by atoms with Gasteiger partial charge >= 0.3 is 0 Å². The predicted molar refractivity (Wildman–Crippen MR) is 60.4 cm³/mol. The van der Waals surface area contributed by atoms with Crippen molar-refractivity contribution in [2.75, 3.05) is 20.2 Å². The molecule has 0 amide bonds. The number of ether oxygens (including phenoxy) is 1. The van der Waals surface area contributed by atoms with Crippen LogP contribution in [0.5, 0.6) is 5.75 Å². The highest BCUT2D eigenvalue weighted by Crippen LogP contribution is 2.32. The van der Waals surface area contributed by atoms with Crippen LogP contribution >= 0.6 is 12.4 Å². The van der Waals surface area contributed by atoms with Crippen LogP contribution in [-0.4, -0.2) is 20.2 Å². The zero-order valence-electron chi connectivity index (χ0n) is 8.63. The van der Waals surface area contributed by atoms with Gasteiger partial charge < -0.3 is 10.1 Å². The number of nitrogens with one attached hydrogen (secondary N) is 1. The molecule has 1 atom stereocenters. The maximum absolute atomic E-state index is 13.6. The van der Waals surface area contributed by atoms with Crippen LogP contribution < -0.4 is 10.1 Å². The monoisotopic (exact) mass is 231 g/mol. The summed E-state index contributed by atoms with van der Waals surface area (Å²) < 4.78 is 18.8. The Labute approximate surface area is 95.2 Å². The molecule has 1 aliphatic heterocycles. The highest BCUT2D eigenvalue weighted by molar-refractivity contribution is 5.85. The smallest absolute Gasteiger partial charge is 0.130 e. The lowest BCUT2D eigenvalue weighted by Crippen LogP contribution is -2.09. The molecule has 0 aromatic heterocycles. The van der Waals surface area contributed by atoms with Gasteiger partial charge in [0.2, 0.25) is 0 Å². The molecule has 1 saturated heterocycles. The quantitative estimate of drug-likeness (QED) is 0.844. The zero-order chi connectivity index (χ0) is 9.97. The van der Waals surface area contributed by atoms with E-state index in [0.29, 0.717) is 5.75 Å². The molecule has 0 bridgehead atoms. The SMILES string of the molecule is COc1cccc(F)c1C1CCNC1.Cl. The molecule has 84 valence electrons. The maximum atomic E-state index is 13.6. The van der Waals surface area contributed by atoms with E-state index in [4.69, 9.17) is 4.74 Å². The molecule has 15 heavy (non-hydrogen) atoms. The molecule has 1 heterocycles. The number of hydrogen-bond acceptors (Lipinski definition) is 2. The second kappa shape index (κ2) is 5.33. The summed E-state index contributed by atoms with van der Waals surface area (Å²) in [6, 6.07) is 4.99. The summed E-state index contributed by atoms with van der Waals surface area (Å²) in [6.07, 6.45) is 0.983. The molecule has 4 heteroatoms. The van der Waals surface area contributed by atoms with Crippen molar-refractivity contribution >= 4 is 12.4 Å². The molecule has 2 rings (SSSR count). The molecule has 0 radical (unpaired) electrons. The fraction of sp³-hybridized carbons (Fsp3) is 0.455. The van der Waals surface area contributed by atoms with Crippen LogP contribution in [0.2, 0.25) is 0 Å². The summed E-state index contributed by atoms with van der Waals surface area (Å²) in [5.74, 6) is 0.767. The topological polar surface area (TPSA) is 21.3 Å². The Kier molecular flexibility index (Phi) is 4.36. The zero-order valence-corrected chi connectivity index (χ0v) is 9.44. The molecule has 1 aromatic carbocycles. The number of rotatable bonds is 2. The summed E-state index contributed by atoms with van der Waals surface area (Å²) >= 11 is 0. The van der Waals surface area contributed by atoms with E-state index in [-0.39, 0.29) is 24.1 Å². The van der Waals surface area contributed by atoms with Gasteiger partial charge in [-0.05, 0) is 25.1 Å². The Morgan fingerprint density at radius 3 is 2.87 bits per heavy atom. The molecule has 1 unspecified atom stereocenters. The summed E-state index contributed by atoms with van der Waals surface area (Å²) in [5, 5.41) is 3.23. The fourth-order valence-corrected chi connectivity index (χ4v) is 1.99. The van der Waals surface area contributed by atoms with Crippen LogP contribution in [0.3, 0.4) is 0 Å². The lowest BCUT2D eigenvalue weighted by Gasteiger charge is -2.14. The van der Waals surface area contributed by atoms with Crippen LogP contribution in [0.15, 0.2) is 18.2 Å². The first kappa shape index (κ1) is 12.3. The highest BCUT2D eigenvalue weighted by atomic mass is 35.5. The molecule has 0 aliphatic carbocycles. The lowest BCUT2D eigenvalue weighted by atomic mass is 9.97. The van der Waals surface area contributed by atoms with Gasteiger partial charge in [0.1, 0.15) is 11.6 Å². The minimum Gasteiger partial charge on any atom is -0.496 e. The summed E-state index contributed by atoms with van der Waals surface area (Å²) in [7, 11) is 1.58. The van der Waals surface area contributed by atoms with Gasteiger partial charge in [-0.25, -0.2) is 4.39 Å². The summed E-state index contributed by atoms with van der Waals surface area (Å²) in [6.45, 7) is 1.81. The fourth-order valence-electron chi connectivity index (χ4n) is 1.99. The summed E-state index contributed by atoms with van der Waals surface area (Å²) in [4.78, 5) is 0. The molecule has 0 saturated carbocycles. The van der Waals surface area contributed by atoms with Crippen LogP contribution in [0.4, 0.5) is 4.39 Å². The van der Waals surface area contributed by atoms with Crippen molar-refractivity contribution < 1.29 is 9.13 Å². The van der Waals surface area contributed by atoms with Crippen molar-refractivity contribution in [3.63, 3.8) is 0 Å². The normalized spacial score (nSPS) is 19.7. The van der Waals surface area contributed by atoms with Crippen LogP contribution in [0, 0.1) is 5.82 Å². The van der Waals surface area contributed by atoms with Crippen molar-refractivity contribution in [3.8, 4) is 5.75 Å². The Balaban J connectivity index is 0.00000112. The van der Waals surface area contributed by atoms with Crippen LogP contribution in [-0.2, 0) is 0 Å². The molecule has 1 aliphatic rings. The second-order valence-electron chi connectivity index (χ2n) is 3.55. The van der Waals surface area contributed by atoms with E-state index in [1.165, 1.54) is 6.07 Å². The van der Waals surface area contributed by atoms with E-state index >= 15 is 0 Å². The molecule has 1 aromatic rings. The Bertz CT molecular complexity index is 326. The first-order valence-electron chi connectivity index (χ1n) is 4.86. The minimum atomic E-state index is -0.155.